The summed E-state index contributed by atoms with van der Waals surface area (Å²) in [4.78, 5) is 29.2. The van der Waals surface area contributed by atoms with Crippen LogP contribution in [0.3, 0.4) is 0 Å². The Bertz CT molecular complexity index is 1540. The van der Waals surface area contributed by atoms with Gasteiger partial charge in [0.05, 0.1) is 38.3 Å². The number of carbonyl (C=O) groups is 1. The zero-order valence-corrected chi connectivity index (χ0v) is 20.2. The van der Waals surface area contributed by atoms with Gasteiger partial charge in [-0.05, 0) is 66.9 Å². The standard InChI is InChI=1S/C28H25NO6/c1-15-11-20-22(12-16(15)2)35-27-24(26(20)30)25(17-9-10-21(33-4)23(13-17)34-5)29(28(27)31)18-7-6-8-19(14-18)32-3/h6-14,25H,1-5H3. The lowest BCUT2D eigenvalue weighted by Crippen LogP contribution is -2.29. The van der Waals surface area contributed by atoms with Crippen LogP contribution in [0.2, 0.25) is 0 Å². The Hall–Kier alpha value is -4.26. The molecule has 0 saturated heterocycles. The van der Waals surface area contributed by atoms with Gasteiger partial charge >= 0.3 is 0 Å². The lowest BCUT2D eigenvalue weighted by molar-refractivity contribution is 0.0971. The van der Waals surface area contributed by atoms with Gasteiger partial charge in [-0.1, -0.05) is 12.1 Å². The minimum absolute atomic E-state index is 0.0355. The quantitative estimate of drug-likeness (QED) is 0.399. The van der Waals surface area contributed by atoms with E-state index >= 15 is 0 Å². The van der Waals surface area contributed by atoms with Crippen LogP contribution in [0.25, 0.3) is 11.0 Å². The van der Waals surface area contributed by atoms with Crippen molar-refractivity contribution in [1.82, 2.24) is 0 Å². The van der Waals surface area contributed by atoms with Crippen LogP contribution in [0.5, 0.6) is 17.2 Å². The number of carbonyl (C=O) groups excluding carboxylic acids is 1. The zero-order valence-electron chi connectivity index (χ0n) is 20.2. The maximum Gasteiger partial charge on any atom is 0.295 e. The van der Waals surface area contributed by atoms with Crippen LogP contribution in [0.15, 0.2) is 63.8 Å². The lowest BCUT2D eigenvalue weighted by atomic mass is 9.97. The molecule has 1 unspecified atom stereocenters. The van der Waals surface area contributed by atoms with Crippen LogP contribution in [0.1, 0.15) is 38.9 Å². The summed E-state index contributed by atoms with van der Waals surface area (Å²) in [6.45, 7) is 3.89. The molecule has 0 spiro atoms. The van der Waals surface area contributed by atoms with Gasteiger partial charge in [-0.3, -0.25) is 14.5 Å². The van der Waals surface area contributed by atoms with Gasteiger partial charge in [0.15, 0.2) is 16.9 Å². The number of hydrogen-bond donors (Lipinski definition) is 0. The van der Waals surface area contributed by atoms with Gasteiger partial charge in [0.2, 0.25) is 5.76 Å². The van der Waals surface area contributed by atoms with Crippen LogP contribution < -0.4 is 24.5 Å². The van der Waals surface area contributed by atoms with Gasteiger partial charge in [0, 0.05) is 11.8 Å². The second-order valence-corrected chi connectivity index (χ2v) is 8.50. The molecule has 0 N–H and O–H groups in total. The number of hydrogen-bond acceptors (Lipinski definition) is 6. The molecule has 1 aliphatic heterocycles. The third-order valence-electron chi connectivity index (χ3n) is 6.54. The van der Waals surface area contributed by atoms with Gasteiger partial charge in [-0.25, -0.2) is 0 Å². The summed E-state index contributed by atoms with van der Waals surface area (Å²) < 4.78 is 22.4. The SMILES string of the molecule is COc1cccc(N2C(=O)c3oc4cc(C)c(C)cc4c(=O)c3C2c2ccc(OC)c(OC)c2)c1. The molecule has 7 nitrogen and oxygen atoms in total. The number of amides is 1. The van der Waals surface area contributed by atoms with Crippen molar-refractivity contribution < 1.29 is 23.4 Å². The van der Waals surface area contributed by atoms with E-state index in [0.29, 0.717) is 45.0 Å². The van der Waals surface area contributed by atoms with Crippen molar-refractivity contribution in [3.05, 3.63) is 92.8 Å². The molecule has 2 heterocycles. The first-order chi connectivity index (χ1) is 16.9. The first kappa shape index (κ1) is 22.5. The number of methoxy groups -OCH3 is 3. The Balaban J connectivity index is 1.82. The Morgan fingerprint density at radius 2 is 1.57 bits per heavy atom. The van der Waals surface area contributed by atoms with Crippen molar-refractivity contribution in [3.63, 3.8) is 0 Å². The van der Waals surface area contributed by atoms with Crippen LogP contribution >= 0.6 is 0 Å². The van der Waals surface area contributed by atoms with Crippen molar-refractivity contribution in [2.45, 2.75) is 19.9 Å². The van der Waals surface area contributed by atoms with Crippen molar-refractivity contribution in [2.75, 3.05) is 26.2 Å². The normalized spacial score (nSPS) is 14.8. The van der Waals surface area contributed by atoms with E-state index in [1.807, 2.05) is 26.0 Å². The second kappa shape index (κ2) is 8.51. The largest absolute Gasteiger partial charge is 0.497 e. The first-order valence-electron chi connectivity index (χ1n) is 11.2. The third kappa shape index (κ3) is 3.51. The zero-order chi connectivity index (χ0) is 24.9. The number of aryl methyl sites for hydroxylation is 2. The van der Waals surface area contributed by atoms with Crippen molar-refractivity contribution in [1.29, 1.82) is 0 Å². The predicted molar refractivity (Wildman–Crippen MR) is 133 cm³/mol. The summed E-state index contributed by atoms with van der Waals surface area (Å²) in [6.07, 6.45) is 0. The minimum atomic E-state index is -0.730. The molecule has 0 aliphatic carbocycles. The fraction of sp³-hybridized carbons (Fsp3) is 0.214. The molecular formula is C28H25NO6. The van der Waals surface area contributed by atoms with E-state index in [4.69, 9.17) is 18.6 Å². The van der Waals surface area contributed by atoms with E-state index in [1.54, 1.807) is 68.7 Å². The Labute approximate surface area is 202 Å². The monoisotopic (exact) mass is 471 g/mol. The number of nitrogens with zero attached hydrogens (tertiary/aromatic N) is 1. The molecule has 0 bridgehead atoms. The Morgan fingerprint density at radius 3 is 2.29 bits per heavy atom. The van der Waals surface area contributed by atoms with Crippen molar-refractivity contribution in [3.8, 4) is 17.2 Å². The molecule has 1 aliphatic rings. The average molecular weight is 472 g/mol. The molecule has 7 heteroatoms. The summed E-state index contributed by atoms with van der Waals surface area (Å²) in [5.41, 5.74) is 3.67. The minimum Gasteiger partial charge on any atom is -0.497 e. The molecule has 178 valence electrons. The van der Waals surface area contributed by atoms with Crippen molar-refractivity contribution >= 4 is 22.6 Å². The summed E-state index contributed by atoms with van der Waals surface area (Å²) in [5.74, 6) is 1.27. The number of benzene rings is 3. The average Bonchev–Trinajstić information content (AvgIpc) is 3.17. The highest BCUT2D eigenvalue weighted by Gasteiger charge is 2.44. The summed E-state index contributed by atoms with van der Waals surface area (Å²) in [7, 11) is 4.66. The number of ether oxygens (including phenoxy) is 3. The van der Waals surface area contributed by atoms with Gasteiger partial charge in [-0.15, -0.1) is 0 Å². The third-order valence-corrected chi connectivity index (χ3v) is 6.54. The van der Waals surface area contributed by atoms with Gasteiger partial charge in [0.25, 0.3) is 5.91 Å². The second-order valence-electron chi connectivity index (χ2n) is 8.50. The Morgan fingerprint density at radius 1 is 0.829 bits per heavy atom. The lowest BCUT2D eigenvalue weighted by Gasteiger charge is -2.26. The fourth-order valence-electron chi connectivity index (χ4n) is 4.59. The summed E-state index contributed by atoms with van der Waals surface area (Å²) in [5, 5.41) is 0.442. The van der Waals surface area contributed by atoms with E-state index < -0.39 is 11.9 Å². The highest BCUT2D eigenvalue weighted by molar-refractivity contribution is 6.10. The maximum atomic E-state index is 13.9. The van der Waals surface area contributed by atoms with E-state index in [9.17, 15) is 9.59 Å². The highest BCUT2D eigenvalue weighted by Crippen LogP contribution is 2.43. The van der Waals surface area contributed by atoms with E-state index in [1.165, 1.54) is 0 Å². The predicted octanol–water partition coefficient (Wildman–Crippen LogP) is 5.19. The molecule has 35 heavy (non-hydrogen) atoms. The molecule has 0 saturated carbocycles. The molecule has 3 aromatic carbocycles. The van der Waals surface area contributed by atoms with E-state index in [2.05, 4.69) is 0 Å². The van der Waals surface area contributed by atoms with Gasteiger partial charge in [-0.2, -0.15) is 0 Å². The van der Waals surface area contributed by atoms with Gasteiger partial charge < -0.3 is 18.6 Å². The van der Waals surface area contributed by atoms with Crippen LogP contribution in [-0.2, 0) is 0 Å². The van der Waals surface area contributed by atoms with E-state index in [0.717, 1.165) is 11.1 Å². The smallest absolute Gasteiger partial charge is 0.295 e. The van der Waals surface area contributed by atoms with Crippen molar-refractivity contribution in [2.24, 2.45) is 0 Å². The molecule has 0 fully saturated rings. The molecule has 1 aromatic heterocycles. The molecule has 0 radical (unpaired) electrons. The van der Waals surface area contributed by atoms with Crippen LogP contribution in [-0.4, -0.2) is 27.2 Å². The highest BCUT2D eigenvalue weighted by atomic mass is 16.5. The number of fused-ring (bicyclic) bond motifs is 2. The van der Waals surface area contributed by atoms with E-state index in [-0.39, 0.29) is 11.2 Å². The molecular weight excluding hydrogens is 446 g/mol. The van der Waals surface area contributed by atoms with Gasteiger partial charge in [0.1, 0.15) is 11.3 Å². The Kier molecular flexibility index (Phi) is 5.47. The topological polar surface area (TPSA) is 78.2 Å². The maximum absolute atomic E-state index is 13.9. The number of rotatable bonds is 5. The summed E-state index contributed by atoms with van der Waals surface area (Å²) >= 11 is 0. The molecule has 5 rings (SSSR count). The fourth-order valence-corrected chi connectivity index (χ4v) is 4.59. The molecule has 1 amide bonds. The molecule has 1 atom stereocenters. The molecule has 4 aromatic rings. The van der Waals surface area contributed by atoms with Crippen LogP contribution in [0.4, 0.5) is 5.69 Å². The first-order valence-corrected chi connectivity index (χ1v) is 11.2. The summed E-state index contributed by atoms with van der Waals surface area (Å²) in [6, 6.07) is 15.4. The van der Waals surface area contributed by atoms with Crippen LogP contribution in [0, 0.1) is 13.8 Å². The number of anilines is 1.